The van der Waals surface area contributed by atoms with E-state index in [4.69, 9.17) is 0 Å². The van der Waals surface area contributed by atoms with Gasteiger partial charge in [-0.15, -0.1) is 0 Å². The molecule has 1 aromatic rings. The lowest BCUT2D eigenvalue weighted by Crippen LogP contribution is -2.46. The van der Waals surface area contributed by atoms with E-state index in [1.165, 1.54) is 50.9 Å². The summed E-state index contributed by atoms with van der Waals surface area (Å²) in [7, 11) is 1.59. The average Bonchev–Trinajstić information content (AvgIpc) is 2.55. The molecule has 2 atom stereocenters. The van der Waals surface area contributed by atoms with Crippen LogP contribution in [0.25, 0.3) is 0 Å². The van der Waals surface area contributed by atoms with Gasteiger partial charge in [0.2, 0.25) is 0 Å². The Morgan fingerprint density at radius 1 is 1.08 bits per heavy atom. The highest BCUT2D eigenvalue weighted by molar-refractivity contribution is 7.97. The van der Waals surface area contributed by atoms with Gasteiger partial charge in [-0.1, -0.05) is 28.3 Å². The minimum Gasteiger partial charge on any atom is -0.300 e. The van der Waals surface area contributed by atoms with Gasteiger partial charge in [0.25, 0.3) is 5.66 Å². The minimum atomic E-state index is -2.84. The maximum absolute atomic E-state index is 13.2. The second-order valence-electron chi connectivity index (χ2n) is 7.14. The standard InChI is InChI=1S/C18H27F2N2PS/c1-14-3-2-10-21(13-14)16-8-11-22(12-9-16)24-17-6-4-15(5-7-17)18(19,20)23/h4-7,14,16H,2-3,8-13,23H2,1H3. The third-order valence-corrected chi connectivity index (χ3v) is 6.54. The highest BCUT2D eigenvalue weighted by Gasteiger charge is 2.28. The van der Waals surface area contributed by atoms with Gasteiger partial charge in [-0.05, 0) is 62.2 Å². The third kappa shape index (κ3) is 4.91. The molecule has 2 unspecified atom stereocenters. The summed E-state index contributed by atoms with van der Waals surface area (Å²) in [5, 5.41) is 0. The summed E-state index contributed by atoms with van der Waals surface area (Å²) in [4.78, 5) is 3.73. The second-order valence-corrected chi connectivity index (χ2v) is 9.04. The average molecular weight is 372 g/mol. The van der Waals surface area contributed by atoms with E-state index in [1.54, 1.807) is 33.3 Å². The van der Waals surface area contributed by atoms with E-state index in [1.807, 2.05) is 0 Å². The van der Waals surface area contributed by atoms with Crippen molar-refractivity contribution in [3.05, 3.63) is 29.8 Å². The van der Waals surface area contributed by atoms with Gasteiger partial charge >= 0.3 is 0 Å². The van der Waals surface area contributed by atoms with Crippen LogP contribution in [0.4, 0.5) is 8.78 Å². The number of benzene rings is 1. The van der Waals surface area contributed by atoms with E-state index in [0.717, 1.165) is 29.9 Å². The molecule has 0 aliphatic carbocycles. The van der Waals surface area contributed by atoms with Gasteiger partial charge in [0.15, 0.2) is 0 Å². The zero-order valence-electron chi connectivity index (χ0n) is 14.3. The molecular weight excluding hydrogens is 345 g/mol. The molecular formula is C18H27F2N2PS. The van der Waals surface area contributed by atoms with Gasteiger partial charge in [0, 0.05) is 36.1 Å². The minimum absolute atomic E-state index is 0.0507. The number of nitrogens with zero attached hydrogens (tertiary/aromatic N) is 2. The Hall–Kier alpha value is -0.220. The Morgan fingerprint density at radius 2 is 1.75 bits per heavy atom. The Bertz CT molecular complexity index is 527. The van der Waals surface area contributed by atoms with Crippen LogP contribution in [0, 0.1) is 5.92 Å². The van der Waals surface area contributed by atoms with Crippen molar-refractivity contribution in [3.8, 4) is 0 Å². The van der Waals surface area contributed by atoms with Crippen LogP contribution in [-0.4, -0.2) is 41.4 Å². The molecule has 2 nitrogen and oxygen atoms in total. The lowest BCUT2D eigenvalue weighted by atomic mass is 9.96. The highest BCUT2D eigenvalue weighted by Crippen LogP contribution is 2.36. The van der Waals surface area contributed by atoms with Crippen molar-refractivity contribution in [3.63, 3.8) is 0 Å². The van der Waals surface area contributed by atoms with Crippen molar-refractivity contribution in [1.82, 2.24) is 9.21 Å². The summed E-state index contributed by atoms with van der Waals surface area (Å²) in [5.74, 6) is 0.833. The third-order valence-electron chi connectivity index (χ3n) is 5.10. The molecule has 24 heavy (non-hydrogen) atoms. The van der Waals surface area contributed by atoms with Gasteiger partial charge in [0.1, 0.15) is 0 Å². The number of rotatable bonds is 4. The monoisotopic (exact) mass is 372 g/mol. The first-order chi connectivity index (χ1) is 11.4. The fourth-order valence-electron chi connectivity index (χ4n) is 3.74. The lowest BCUT2D eigenvalue weighted by Gasteiger charge is -2.41. The first-order valence-electron chi connectivity index (χ1n) is 8.86. The van der Waals surface area contributed by atoms with E-state index in [9.17, 15) is 8.78 Å². The summed E-state index contributed by atoms with van der Waals surface area (Å²) in [5.41, 5.74) is -2.79. The Morgan fingerprint density at radius 3 is 2.33 bits per heavy atom. The summed E-state index contributed by atoms with van der Waals surface area (Å²) < 4.78 is 28.8. The molecule has 3 rings (SSSR count). The van der Waals surface area contributed by atoms with Crippen LogP contribution in [0.5, 0.6) is 0 Å². The number of alkyl halides is 2. The van der Waals surface area contributed by atoms with Crippen LogP contribution >= 0.6 is 21.2 Å². The number of hydrogen-bond donors (Lipinski definition) is 0. The topological polar surface area (TPSA) is 6.48 Å². The van der Waals surface area contributed by atoms with E-state index in [-0.39, 0.29) is 5.56 Å². The molecule has 0 aromatic heterocycles. The zero-order chi connectivity index (χ0) is 17.2. The van der Waals surface area contributed by atoms with Gasteiger partial charge in [-0.3, -0.25) is 0 Å². The van der Waals surface area contributed by atoms with Crippen molar-refractivity contribution < 1.29 is 8.78 Å². The normalized spacial score (nSPS) is 25.1. The van der Waals surface area contributed by atoms with Crippen LogP contribution < -0.4 is 0 Å². The SMILES string of the molecule is CC1CCCN(C2CCN(Sc3ccc(C(F)(F)P)cc3)CC2)C1. The molecule has 134 valence electrons. The van der Waals surface area contributed by atoms with E-state index < -0.39 is 5.66 Å². The fraction of sp³-hybridized carbons (Fsp3) is 0.667. The predicted molar refractivity (Wildman–Crippen MR) is 100 cm³/mol. The summed E-state index contributed by atoms with van der Waals surface area (Å²) >= 11 is 1.70. The fourth-order valence-corrected chi connectivity index (χ4v) is 4.88. The zero-order valence-corrected chi connectivity index (χ0v) is 16.2. The quantitative estimate of drug-likeness (QED) is 0.553. The summed E-state index contributed by atoms with van der Waals surface area (Å²) in [6, 6.07) is 7.38. The summed E-state index contributed by atoms with van der Waals surface area (Å²) in [6.45, 7) is 7.01. The van der Waals surface area contributed by atoms with Crippen molar-refractivity contribution in [2.24, 2.45) is 5.92 Å². The van der Waals surface area contributed by atoms with Crippen molar-refractivity contribution in [2.45, 2.75) is 49.2 Å². The molecule has 6 heteroatoms. The largest absolute Gasteiger partial charge is 0.300 e. The number of hydrogen-bond acceptors (Lipinski definition) is 3. The lowest BCUT2D eigenvalue weighted by molar-refractivity contribution is 0.0963. The number of piperidine rings is 2. The van der Waals surface area contributed by atoms with Crippen LogP contribution in [0.3, 0.4) is 0 Å². The molecule has 0 amide bonds. The van der Waals surface area contributed by atoms with Crippen molar-refractivity contribution >= 4 is 21.2 Å². The van der Waals surface area contributed by atoms with Gasteiger partial charge in [-0.2, -0.15) is 8.78 Å². The Labute approximate surface area is 150 Å². The van der Waals surface area contributed by atoms with Crippen LogP contribution in [0.2, 0.25) is 0 Å². The maximum atomic E-state index is 13.2. The van der Waals surface area contributed by atoms with Gasteiger partial charge in [0.05, 0.1) is 0 Å². The molecule has 2 aliphatic heterocycles. The molecule has 2 heterocycles. The first kappa shape index (κ1) is 18.6. The molecule has 2 saturated heterocycles. The molecule has 0 bridgehead atoms. The van der Waals surface area contributed by atoms with Crippen LogP contribution in [-0.2, 0) is 5.66 Å². The Balaban J connectivity index is 1.48. The van der Waals surface area contributed by atoms with Crippen molar-refractivity contribution in [1.29, 1.82) is 0 Å². The van der Waals surface area contributed by atoms with E-state index in [0.29, 0.717) is 0 Å². The van der Waals surface area contributed by atoms with Crippen molar-refractivity contribution in [2.75, 3.05) is 26.2 Å². The molecule has 0 spiro atoms. The molecule has 2 aliphatic rings. The number of likely N-dealkylation sites (tertiary alicyclic amines) is 1. The smallest absolute Gasteiger partial charge is 0.283 e. The molecule has 0 N–H and O–H groups in total. The maximum Gasteiger partial charge on any atom is 0.283 e. The molecule has 2 fully saturated rings. The first-order valence-corrected chi connectivity index (χ1v) is 10.2. The van der Waals surface area contributed by atoms with E-state index >= 15 is 0 Å². The summed E-state index contributed by atoms with van der Waals surface area (Å²) in [6.07, 6.45) is 5.13. The Kier molecular flexibility index (Phi) is 6.18. The van der Waals surface area contributed by atoms with Crippen LogP contribution in [0.1, 0.15) is 38.2 Å². The van der Waals surface area contributed by atoms with Gasteiger partial charge in [-0.25, -0.2) is 4.31 Å². The predicted octanol–water partition coefficient (Wildman–Crippen LogP) is 4.81. The number of halogens is 2. The highest BCUT2D eigenvalue weighted by atomic mass is 32.2. The van der Waals surface area contributed by atoms with E-state index in [2.05, 4.69) is 16.1 Å². The second kappa shape index (κ2) is 7.99. The molecule has 1 aromatic carbocycles. The van der Waals surface area contributed by atoms with Crippen LogP contribution in [0.15, 0.2) is 29.2 Å². The van der Waals surface area contributed by atoms with Gasteiger partial charge < -0.3 is 4.90 Å². The molecule has 0 radical (unpaired) electrons. The molecule has 0 saturated carbocycles.